The van der Waals surface area contributed by atoms with Gasteiger partial charge in [-0.3, -0.25) is 0 Å². The number of halogens is 1. The average Bonchev–Trinajstić information content (AvgIpc) is 2.56. The Balaban J connectivity index is 1.95. The summed E-state index contributed by atoms with van der Waals surface area (Å²) in [7, 11) is 3.30. The summed E-state index contributed by atoms with van der Waals surface area (Å²) in [6, 6.07) is 11.7. The van der Waals surface area contributed by atoms with Gasteiger partial charge in [0, 0.05) is 16.6 Å². The Kier molecular flexibility index (Phi) is 4.43. The largest absolute Gasteiger partial charge is 0.496 e. The highest BCUT2D eigenvalue weighted by atomic mass is 79.9. The second-order valence-electron chi connectivity index (χ2n) is 5.20. The molecule has 0 saturated carbocycles. The monoisotopic (exact) mass is 375 g/mol. The zero-order valence-corrected chi connectivity index (χ0v) is 14.6. The average molecular weight is 376 g/mol. The van der Waals surface area contributed by atoms with Crippen LogP contribution < -0.4 is 15.2 Å². The van der Waals surface area contributed by atoms with E-state index in [4.69, 9.17) is 15.2 Å². The number of methoxy groups -OCH3 is 2. The van der Waals surface area contributed by atoms with Gasteiger partial charge in [0.15, 0.2) is 5.96 Å². The minimum Gasteiger partial charge on any atom is -0.496 e. The first-order valence-electron chi connectivity index (χ1n) is 7.20. The Labute approximate surface area is 143 Å². The van der Waals surface area contributed by atoms with Gasteiger partial charge in [0.05, 0.1) is 32.0 Å². The number of nitrogens with zero attached hydrogens (tertiary/aromatic N) is 2. The molecule has 0 spiro atoms. The molecule has 2 N–H and O–H groups in total. The van der Waals surface area contributed by atoms with Crippen molar-refractivity contribution in [1.29, 1.82) is 0 Å². The summed E-state index contributed by atoms with van der Waals surface area (Å²) in [6.07, 6.45) is 0. The molecule has 0 aliphatic carbocycles. The molecule has 5 nitrogen and oxygen atoms in total. The summed E-state index contributed by atoms with van der Waals surface area (Å²) in [5.41, 5.74) is 9.13. The van der Waals surface area contributed by atoms with Gasteiger partial charge in [-0.05, 0) is 24.3 Å². The van der Waals surface area contributed by atoms with Crippen LogP contribution in [-0.4, -0.2) is 25.1 Å². The number of fused-ring (bicyclic) bond motifs is 1. The van der Waals surface area contributed by atoms with Crippen LogP contribution in [0, 0.1) is 0 Å². The molecule has 2 aromatic carbocycles. The number of rotatable bonds is 4. The number of benzene rings is 2. The van der Waals surface area contributed by atoms with Crippen LogP contribution in [0.2, 0.25) is 0 Å². The maximum atomic E-state index is 6.15. The molecule has 1 aliphatic rings. The SMILES string of the molecule is COc1cccc(OC)c1CN1Cc2c(Br)cccc2N=C1N. The van der Waals surface area contributed by atoms with E-state index in [0.29, 0.717) is 19.0 Å². The van der Waals surface area contributed by atoms with Crippen LogP contribution in [0.1, 0.15) is 11.1 Å². The van der Waals surface area contributed by atoms with Gasteiger partial charge in [-0.25, -0.2) is 4.99 Å². The van der Waals surface area contributed by atoms with Gasteiger partial charge in [0.1, 0.15) is 11.5 Å². The van der Waals surface area contributed by atoms with Crippen LogP contribution in [0.4, 0.5) is 5.69 Å². The lowest BCUT2D eigenvalue weighted by atomic mass is 10.1. The lowest BCUT2D eigenvalue weighted by molar-refractivity contribution is 0.348. The van der Waals surface area contributed by atoms with Crippen molar-refractivity contribution < 1.29 is 9.47 Å². The highest BCUT2D eigenvalue weighted by Crippen LogP contribution is 2.34. The summed E-state index contributed by atoms with van der Waals surface area (Å²) in [5, 5.41) is 0. The zero-order valence-electron chi connectivity index (χ0n) is 13.0. The maximum absolute atomic E-state index is 6.15. The number of ether oxygens (including phenoxy) is 2. The first-order valence-corrected chi connectivity index (χ1v) is 7.99. The van der Waals surface area contributed by atoms with E-state index in [2.05, 4.69) is 20.9 Å². The summed E-state index contributed by atoms with van der Waals surface area (Å²) in [6.45, 7) is 1.23. The summed E-state index contributed by atoms with van der Waals surface area (Å²) < 4.78 is 12.0. The molecule has 1 heterocycles. The van der Waals surface area contributed by atoms with E-state index in [-0.39, 0.29) is 0 Å². The molecule has 0 bridgehead atoms. The van der Waals surface area contributed by atoms with Crippen molar-refractivity contribution in [2.24, 2.45) is 10.7 Å². The summed E-state index contributed by atoms with van der Waals surface area (Å²) in [4.78, 5) is 6.51. The molecule has 23 heavy (non-hydrogen) atoms. The molecule has 0 radical (unpaired) electrons. The molecule has 0 fully saturated rings. The first kappa shape index (κ1) is 15.7. The number of hydrogen-bond donors (Lipinski definition) is 1. The molecule has 0 saturated heterocycles. The van der Waals surface area contributed by atoms with E-state index in [1.165, 1.54) is 0 Å². The topological polar surface area (TPSA) is 60.1 Å². The number of aliphatic imine (C=N–C) groups is 1. The van der Waals surface area contributed by atoms with E-state index < -0.39 is 0 Å². The Morgan fingerprint density at radius 3 is 2.43 bits per heavy atom. The summed E-state index contributed by atoms with van der Waals surface area (Å²) >= 11 is 3.59. The van der Waals surface area contributed by atoms with Gasteiger partial charge in [-0.15, -0.1) is 0 Å². The normalized spacial score (nSPS) is 13.3. The highest BCUT2D eigenvalue weighted by Gasteiger charge is 2.22. The summed E-state index contributed by atoms with van der Waals surface area (Å²) in [5.74, 6) is 2.04. The fourth-order valence-electron chi connectivity index (χ4n) is 2.69. The van der Waals surface area contributed by atoms with Crippen LogP contribution in [0.25, 0.3) is 0 Å². The predicted octanol–water partition coefficient (Wildman–Crippen LogP) is 3.43. The van der Waals surface area contributed by atoms with Crippen molar-refractivity contribution >= 4 is 27.6 Å². The fraction of sp³-hybridized carbons (Fsp3) is 0.235. The molecule has 0 atom stereocenters. The molecule has 0 unspecified atom stereocenters. The van der Waals surface area contributed by atoms with Gasteiger partial charge >= 0.3 is 0 Å². The van der Waals surface area contributed by atoms with Gasteiger partial charge < -0.3 is 20.1 Å². The number of guanidine groups is 1. The Bertz CT molecular complexity index is 739. The van der Waals surface area contributed by atoms with Crippen molar-refractivity contribution in [2.75, 3.05) is 14.2 Å². The molecule has 3 rings (SSSR count). The third-order valence-electron chi connectivity index (χ3n) is 3.88. The lowest BCUT2D eigenvalue weighted by Crippen LogP contribution is -2.38. The van der Waals surface area contributed by atoms with Crippen LogP contribution in [-0.2, 0) is 13.1 Å². The number of nitrogens with two attached hydrogens (primary N) is 1. The van der Waals surface area contributed by atoms with Gasteiger partial charge in [0.25, 0.3) is 0 Å². The van der Waals surface area contributed by atoms with E-state index in [0.717, 1.165) is 32.8 Å². The molecule has 2 aromatic rings. The standard InChI is InChI=1S/C17H18BrN3O2/c1-22-15-7-4-8-16(23-2)12(15)10-21-9-11-13(18)5-3-6-14(11)20-17(21)19/h3-8H,9-10H2,1-2H3,(H2,19,20). The quantitative estimate of drug-likeness (QED) is 0.888. The van der Waals surface area contributed by atoms with Crippen molar-refractivity contribution in [3.05, 3.63) is 52.0 Å². The molecular formula is C17H18BrN3O2. The zero-order chi connectivity index (χ0) is 16.4. The van der Waals surface area contributed by atoms with Crippen molar-refractivity contribution in [3.63, 3.8) is 0 Å². The van der Waals surface area contributed by atoms with Crippen LogP contribution in [0.15, 0.2) is 45.9 Å². The maximum Gasteiger partial charge on any atom is 0.197 e. The lowest BCUT2D eigenvalue weighted by Gasteiger charge is -2.29. The molecular weight excluding hydrogens is 358 g/mol. The molecule has 0 amide bonds. The second-order valence-corrected chi connectivity index (χ2v) is 6.06. The fourth-order valence-corrected chi connectivity index (χ4v) is 3.17. The first-order chi connectivity index (χ1) is 11.1. The Morgan fingerprint density at radius 2 is 1.78 bits per heavy atom. The van der Waals surface area contributed by atoms with Gasteiger partial charge in [0.2, 0.25) is 0 Å². The van der Waals surface area contributed by atoms with E-state index >= 15 is 0 Å². The Morgan fingerprint density at radius 1 is 1.13 bits per heavy atom. The minimum absolute atomic E-state index is 0.489. The third-order valence-corrected chi connectivity index (χ3v) is 4.62. The molecule has 6 heteroatoms. The van der Waals surface area contributed by atoms with E-state index in [1.54, 1.807) is 14.2 Å². The minimum atomic E-state index is 0.489. The molecule has 1 aliphatic heterocycles. The number of hydrogen-bond acceptors (Lipinski definition) is 5. The molecule has 120 valence electrons. The Hall–Kier alpha value is -2.21. The van der Waals surface area contributed by atoms with Crippen molar-refractivity contribution in [1.82, 2.24) is 4.90 Å². The second kappa shape index (κ2) is 6.50. The van der Waals surface area contributed by atoms with Gasteiger partial charge in [-0.2, -0.15) is 0 Å². The van der Waals surface area contributed by atoms with Crippen LogP contribution in [0.3, 0.4) is 0 Å². The third kappa shape index (κ3) is 2.99. The van der Waals surface area contributed by atoms with Gasteiger partial charge in [-0.1, -0.05) is 28.1 Å². The smallest absolute Gasteiger partial charge is 0.197 e. The van der Waals surface area contributed by atoms with E-state index in [1.807, 2.05) is 41.3 Å². The van der Waals surface area contributed by atoms with Crippen LogP contribution in [0.5, 0.6) is 11.5 Å². The predicted molar refractivity (Wildman–Crippen MR) is 94.2 cm³/mol. The van der Waals surface area contributed by atoms with Crippen LogP contribution >= 0.6 is 15.9 Å². The molecule has 0 aromatic heterocycles. The highest BCUT2D eigenvalue weighted by molar-refractivity contribution is 9.10. The van der Waals surface area contributed by atoms with E-state index in [9.17, 15) is 0 Å². The van der Waals surface area contributed by atoms with Crippen molar-refractivity contribution in [2.45, 2.75) is 13.1 Å². The van der Waals surface area contributed by atoms with Crippen molar-refractivity contribution in [3.8, 4) is 11.5 Å².